The minimum Gasteiger partial charge on any atom is -0.490 e. The van der Waals surface area contributed by atoms with Gasteiger partial charge in [-0.05, 0) is 41.3 Å². The zero-order valence-corrected chi connectivity index (χ0v) is 16.6. The normalized spacial score (nSPS) is 16.0. The summed E-state index contributed by atoms with van der Waals surface area (Å²) in [5.41, 5.74) is 2.25. The molecule has 0 saturated heterocycles. The molecule has 1 heterocycles. The molecule has 29 heavy (non-hydrogen) atoms. The number of ether oxygens (including phenoxy) is 1. The number of anilines is 1. The van der Waals surface area contributed by atoms with Crippen LogP contribution in [-0.4, -0.2) is 36.5 Å². The summed E-state index contributed by atoms with van der Waals surface area (Å²) < 4.78 is 5.69. The fourth-order valence-electron chi connectivity index (χ4n) is 4.28. The lowest BCUT2D eigenvalue weighted by molar-refractivity contribution is -0.119. The number of fused-ring (bicyclic) bond motifs is 2. The number of para-hydroxylation sites is 2. The van der Waals surface area contributed by atoms with Crippen molar-refractivity contribution in [3.8, 4) is 5.75 Å². The number of hydrogen-bond acceptors (Lipinski definition) is 3. The van der Waals surface area contributed by atoms with Gasteiger partial charge in [0.25, 0.3) is 0 Å². The molecule has 0 atom stereocenters. The van der Waals surface area contributed by atoms with Gasteiger partial charge in [0.15, 0.2) is 0 Å². The first kappa shape index (κ1) is 18.2. The Kier molecular flexibility index (Phi) is 4.94. The molecule has 0 spiro atoms. The Hall–Kier alpha value is -2.85. The van der Waals surface area contributed by atoms with Gasteiger partial charge >= 0.3 is 0 Å². The quantitative estimate of drug-likeness (QED) is 0.620. The standard InChI is InChI=1S/C25H26N2O2/c28-25(27-16-17-29-24-11-4-3-10-23(24)27)14-15-26(21-12-13-21)18-20-8-5-7-19-6-1-2-9-22(19)20/h1-11,21H,12-18H2. The first-order valence-electron chi connectivity index (χ1n) is 10.5. The Bertz CT molecular complexity index is 1020. The number of nitrogens with zero attached hydrogens (tertiary/aromatic N) is 2. The molecular formula is C25H26N2O2. The third-order valence-electron chi connectivity index (χ3n) is 5.96. The van der Waals surface area contributed by atoms with Crippen molar-refractivity contribution in [1.82, 2.24) is 4.90 Å². The second kappa shape index (κ2) is 7.88. The minimum atomic E-state index is 0.185. The molecule has 0 bridgehead atoms. The summed E-state index contributed by atoms with van der Waals surface area (Å²) in [4.78, 5) is 17.4. The van der Waals surface area contributed by atoms with E-state index in [4.69, 9.17) is 4.74 Å². The van der Waals surface area contributed by atoms with E-state index in [-0.39, 0.29) is 5.91 Å². The maximum atomic E-state index is 13.0. The van der Waals surface area contributed by atoms with Crippen LogP contribution in [-0.2, 0) is 11.3 Å². The molecule has 3 aromatic carbocycles. The maximum absolute atomic E-state index is 13.0. The number of amides is 1. The van der Waals surface area contributed by atoms with Gasteiger partial charge in [0.2, 0.25) is 5.91 Å². The summed E-state index contributed by atoms with van der Waals surface area (Å²) in [7, 11) is 0. The van der Waals surface area contributed by atoms with Crippen molar-refractivity contribution in [2.75, 3.05) is 24.6 Å². The van der Waals surface area contributed by atoms with Crippen LogP contribution < -0.4 is 9.64 Å². The van der Waals surface area contributed by atoms with Crippen LogP contribution in [0.3, 0.4) is 0 Å². The van der Waals surface area contributed by atoms with Crippen molar-refractivity contribution in [3.63, 3.8) is 0 Å². The number of benzene rings is 3. The van der Waals surface area contributed by atoms with Crippen molar-refractivity contribution in [2.24, 2.45) is 0 Å². The zero-order chi connectivity index (χ0) is 19.6. The highest BCUT2D eigenvalue weighted by atomic mass is 16.5. The second-order valence-electron chi connectivity index (χ2n) is 7.95. The first-order valence-corrected chi connectivity index (χ1v) is 10.5. The van der Waals surface area contributed by atoms with Crippen LogP contribution in [0.4, 0.5) is 5.69 Å². The molecule has 4 heteroatoms. The molecule has 5 rings (SSSR count). The van der Waals surface area contributed by atoms with Crippen LogP contribution in [0.2, 0.25) is 0 Å². The lowest BCUT2D eigenvalue weighted by Gasteiger charge is -2.30. The van der Waals surface area contributed by atoms with Crippen LogP contribution in [0.25, 0.3) is 10.8 Å². The van der Waals surface area contributed by atoms with Gasteiger partial charge < -0.3 is 9.64 Å². The van der Waals surface area contributed by atoms with Gasteiger partial charge in [-0.15, -0.1) is 0 Å². The van der Waals surface area contributed by atoms with Gasteiger partial charge in [0.05, 0.1) is 12.2 Å². The van der Waals surface area contributed by atoms with Gasteiger partial charge in [-0.1, -0.05) is 54.6 Å². The lowest BCUT2D eigenvalue weighted by Crippen LogP contribution is -2.40. The van der Waals surface area contributed by atoms with Gasteiger partial charge in [-0.2, -0.15) is 0 Å². The minimum absolute atomic E-state index is 0.185. The summed E-state index contributed by atoms with van der Waals surface area (Å²) in [6.45, 7) is 2.89. The van der Waals surface area contributed by atoms with E-state index in [1.54, 1.807) is 0 Å². The largest absolute Gasteiger partial charge is 0.490 e. The molecule has 2 aliphatic rings. The topological polar surface area (TPSA) is 32.8 Å². The van der Waals surface area contributed by atoms with Gasteiger partial charge in [0, 0.05) is 25.6 Å². The Balaban J connectivity index is 1.29. The smallest absolute Gasteiger partial charge is 0.228 e. The van der Waals surface area contributed by atoms with E-state index in [1.165, 1.54) is 29.2 Å². The summed E-state index contributed by atoms with van der Waals surface area (Å²) in [5.74, 6) is 0.992. The SMILES string of the molecule is O=C(CCN(Cc1cccc2ccccc12)C1CC1)N1CCOc2ccccc21. The monoisotopic (exact) mass is 386 g/mol. The molecular weight excluding hydrogens is 360 g/mol. The summed E-state index contributed by atoms with van der Waals surface area (Å²) in [6, 6.07) is 23.5. The van der Waals surface area contributed by atoms with Crippen LogP contribution in [0, 0.1) is 0 Å². The fourth-order valence-corrected chi connectivity index (χ4v) is 4.28. The molecule has 0 unspecified atom stereocenters. The highest BCUT2D eigenvalue weighted by Crippen LogP contribution is 2.33. The number of carbonyl (C=O) groups excluding carboxylic acids is 1. The predicted octanol–water partition coefficient (Wildman–Crippen LogP) is 4.62. The average molecular weight is 386 g/mol. The number of carbonyl (C=O) groups is 1. The van der Waals surface area contributed by atoms with Crippen molar-refractivity contribution < 1.29 is 9.53 Å². The van der Waals surface area contributed by atoms with E-state index in [0.29, 0.717) is 25.6 Å². The summed E-state index contributed by atoms with van der Waals surface area (Å²) in [6.07, 6.45) is 3.01. The van der Waals surface area contributed by atoms with E-state index in [2.05, 4.69) is 47.4 Å². The zero-order valence-electron chi connectivity index (χ0n) is 16.6. The third kappa shape index (κ3) is 3.85. The summed E-state index contributed by atoms with van der Waals surface area (Å²) in [5, 5.41) is 2.59. The van der Waals surface area contributed by atoms with E-state index in [0.717, 1.165) is 24.5 Å². The van der Waals surface area contributed by atoms with E-state index in [1.807, 2.05) is 29.2 Å². The van der Waals surface area contributed by atoms with Gasteiger partial charge in [-0.25, -0.2) is 0 Å². The Morgan fingerprint density at radius 2 is 1.79 bits per heavy atom. The van der Waals surface area contributed by atoms with Crippen molar-refractivity contribution >= 4 is 22.4 Å². The fraction of sp³-hybridized carbons (Fsp3) is 0.320. The van der Waals surface area contributed by atoms with Crippen LogP contribution in [0.1, 0.15) is 24.8 Å². The molecule has 148 valence electrons. The average Bonchev–Trinajstić information content (AvgIpc) is 3.61. The molecule has 1 saturated carbocycles. The second-order valence-corrected chi connectivity index (χ2v) is 7.95. The summed E-state index contributed by atoms with van der Waals surface area (Å²) >= 11 is 0. The molecule has 4 nitrogen and oxygen atoms in total. The molecule has 0 radical (unpaired) electrons. The van der Waals surface area contributed by atoms with Crippen LogP contribution in [0.5, 0.6) is 5.75 Å². The lowest BCUT2D eigenvalue weighted by atomic mass is 10.0. The molecule has 1 amide bonds. The Morgan fingerprint density at radius 3 is 2.69 bits per heavy atom. The highest BCUT2D eigenvalue weighted by Gasteiger charge is 2.30. The maximum Gasteiger partial charge on any atom is 0.228 e. The Labute approximate surface area is 171 Å². The van der Waals surface area contributed by atoms with Crippen LogP contribution in [0.15, 0.2) is 66.7 Å². The van der Waals surface area contributed by atoms with Crippen molar-refractivity contribution in [2.45, 2.75) is 31.8 Å². The van der Waals surface area contributed by atoms with Crippen molar-refractivity contribution in [1.29, 1.82) is 0 Å². The predicted molar refractivity (Wildman–Crippen MR) is 116 cm³/mol. The third-order valence-corrected chi connectivity index (χ3v) is 5.96. The number of hydrogen-bond donors (Lipinski definition) is 0. The van der Waals surface area contributed by atoms with Gasteiger partial charge in [-0.3, -0.25) is 9.69 Å². The first-order chi connectivity index (χ1) is 14.3. The van der Waals surface area contributed by atoms with E-state index in [9.17, 15) is 4.79 Å². The molecule has 0 N–H and O–H groups in total. The molecule has 1 aliphatic carbocycles. The van der Waals surface area contributed by atoms with Crippen molar-refractivity contribution in [3.05, 3.63) is 72.3 Å². The molecule has 1 aliphatic heterocycles. The van der Waals surface area contributed by atoms with E-state index >= 15 is 0 Å². The molecule has 3 aromatic rings. The highest BCUT2D eigenvalue weighted by molar-refractivity contribution is 5.95. The molecule has 1 fully saturated rings. The molecule has 0 aromatic heterocycles. The van der Waals surface area contributed by atoms with E-state index < -0.39 is 0 Å². The van der Waals surface area contributed by atoms with Gasteiger partial charge in [0.1, 0.15) is 12.4 Å². The Morgan fingerprint density at radius 1 is 1.00 bits per heavy atom. The van der Waals surface area contributed by atoms with Crippen LogP contribution >= 0.6 is 0 Å². The number of rotatable bonds is 6.